The number of aromatic nitrogens is 5. The molecule has 0 atom stereocenters. The van der Waals surface area contributed by atoms with Crippen LogP contribution in [0.1, 0.15) is 21.1 Å². The van der Waals surface area contributed by atoms with E-state index in [9.17, 15) is 9.59 Å². The molecule has 0 saturated heterocycles. The maximum absolute atomic E-state index is 12.6. The Morgan fingerprint density at radius 3 is 2.09 bits per heavy atom. The van der Waals surface area contributed by atoms with Crippen LogP contribution in [0.2, 0.25) is 0 Å². The van der Waals surface area contributed by atoms with E-state index < -0.39 is 11.8 Å². The summed E-state index contributed by atoms with van der Waals surface area (Å²) in [6, 6.07) is 21.9. The van der Waals surface area contributed by atoms with Crippen molar-refractivity contribution in [2.45, 2.75) is 0 Å². The van der Waals surface area contributed by atoms with Gasteiger partial charge in [-0.15, -0.1) is 15.3 Å². The molecular weight excluding hydrogens is 408 g/mol. The molecule has 0 fully saturated rings. The van der Waals surface area contributed by atoms with E-state index in [1.54, 1.807) is 15.6 Å². The molecule has 0 unspecified atom stereocenters. The number of benzene rings is 2. The Morgan fingerprint density at radius 2 is 1.47 bits per heavy atom. The summed E-state index contributed by atoms with van der Waals surface area (Å²) in [5.41, 5.74) is 6.24. The van der Waals surface area contributed by atoms with Crippen LogP contribution in [0.4, 0.5) is 5.82 Å². The Morgan fingerprint density at radius 1 is 0.812 bits per heavy atom. The fourth-order valence-electron chi connectivity index (χ4n) is 2.85. The molecule has 0 aliphatic rings. The third-order valence-corrected chi connectivity index (χ3v) is 4.47. The van der Waals surface area contributed by atoms with Crippen LogP contribution < -0.4 is 15.8 Å². The molecular formula is C22H20N8O2. The van der Waals surface area contributed by atoms with Gasteiger partial charge in [0.05, 0.1) is 5.69 Å². The van der Waals surface area contributed by atoms with Gasteiger partial charge < -0.3 is 4.90 Å². The quantitative estimate of drug-likeness (QED) is 0.466. The summed E-state index contributed by atoms with van der Waals surface area (Å²) < 4.78 is 1.58. The lowest BCUT2D eigenvalue weighted by atomic mass is 10.2. The van der Waals surface area contributed by atoms with Crippen LogP contribution in [0.5, 0.6) is 0 Å². The van der Waals surface area contributed by atoms with Crippen molar-refractivity contribution in [3.63, 3.8) is 0 Å². The zero-order valence-electron chi connectivity index (χ0n) is 17.4. The third kappa shape index (κ3) is 4.43. The predicted molar refractivity (Wildman–Crippen MR) is 118 cm³/mol. The molecule has 2 heterocycles. The van der Waals surface area contributed by atoms with Crippen LogP contribution in [-0.4, -0.2) is 50.9 Å². The first-order valence-corrected chi connectivity index (χ1v) is 9.72. The zero-order chi connectivity index (χ0) is 22.5. The summed E-state index contributed by atoms with van der Waals surface area (Å²) in [6.45, 7) is 0. The van der Waals surface area contributed by atoms with Gasteiger partial charge >= 0.3 is 5.91 Å². The van der Waals surface area contributed by atoms with Crippen molar-refractivity contribution < 1.29 is 9.59 Å². The normalized spacial score (nSPS) is 10.4. The minimum absolute atomic E-state index is 0.0589. The molecule has 0 bridgehead atoms. The molecule has 2 aromatic carbocycles. The number of amides is 2. The number of hydrogen-bond donors (Lipinski definition) is 2. The first kappa shape index (κ1) is 20.7. The van der Waals surface area contributed by atoms with Crippen molar-refractivity contribution in [3.8, 4) is 17.1 Å². The second-order valence-electron chi connectivity index (χ2n) is 6.95. The Labute approximate surface area is 183 Å². The lowest BCUT2D eigenvalue weighted by Crippen LogP contribution is -2.42. The first-order valence-electron chi connectivity index (χ1n) is 9.72. The van der Waals surface area contributed by atoms with E-state index in [-0.39, 0.29) is 11.5 Å². The highest BCUT2D eigenvalue weighted by Gasteiger charge is 2.19. The SMILES string of the molecule is CN(C)c1ccc(C(=O)NNC(=O)c2nc(-c3ccccc3)n(-c3ccccc3)n2)nn1. The molecule has 160 valence electrons. The maximum atomic E-state index is 12.6. The number of hydrogen-bond acceptors (Lipinski definition) is 7. The van der Waals surface area contributed by atoms with E-state index in [1.165, 1.54) is 6.07 Å². The minimum atomic E-state index is -0.664. The average molecular weight is 428 g/mol. The molecule has 32 heavy (non-hydrogen) atoms. The first-order chi connectivity index (χ1) is 15.5. The fourth-order valence-corrected chi connectivity index (χ4v) is 2.85. The second-order valence-corrected chi connectivity index (χ2v) is 6.95. The summed E-state index contributed by atoms with van der Waals surface area (Å²) in [5.74, 6) is -0.264. The molecule has 4 rings (SSSR count). The molecule has 0 aliphatic heterocycles. The van der Waals surface area contributed by atoms with Gasteiger partial charge in [-0.3, -0.25) is 20.4 Å². The largest absolute Gasteiger partial charge is 0.361 e. The summed E-state index contributed by atoms with van der Waals surface area (Å²) in [7, 11) is 3.63. The molecule has 2 amide bonds. The van der Waals surface area contributed by atoms with Gasteiger partial charge in [-0.25, -0.2) is 9.67 Å². The van der Waals surface area contributed by atoms with Crippen LogP contribution in [-0.2, 0) is 0 Å². The number of carbonyl (C=O) groups excluding carboxylic acids is 2. The van der Waals surface area contributed by atoms with Crippen molar-refractivity contribution in [3.05, 3.63) is 84.3 Å². The number of anilines is 1. The van der Waals surface area contributed by atoms with E-state index in [4.69, 9.17) is 0 Å². The van der Waals surface area contributed by atoms with Crippen molar-refractivity contribution in [1.82, 2.24) is 35.8 Å². The van der Waals surface area contributed by atoms with Crippen LogP contribution in [0.15, 0.2) is 72.8 Å². The van der Waals surface area contributed by atoms with Gasteiger partial charge in [0.15, 0.2) is 17.3 Å². The highest BCUT2D eigenvalue weighted by Crippen LogP contribution is 2.20. The van der Waals surface area contributed by atoms with Gasteiger partial charge in [0.2, 0.25) is 5.82 Å². The molecule has 4 aromatic rings. The van der Waals surface area contributed by atoms with E-state index in [2.05, 4.69) is 31.1 Å². The van der Waals surface area contributed by atoms with Crippen LogP contribution in [0.3, 0.4) is 0 Å². The van der Waals surface area contributed by atoms with Gasteiger partial charge in [0.1, 0.15) is 0 Å². The van der Waals surface area contributed by atoms with Gasteiger partial charge in [-0.05, 0) is 24.3 Å². The molecule has 0 saturated carbocycles. The smallest absolute Gasteiger partial charge is 0.309 e. The highest BCUT2D eigenvalue weighted by molar-refractivity contribution is 5.96. The number of carbonyl (C=O) groups is 2. The number of rotatable bonds is 5. The second kappa shape index (κ2) is 9.04. The Balaban J connectivity index is 1.53. The summed E-state index contributed by atoms with van der Waals surface area (Å²) in [4.78, 5) is 31.1. The van der Waals surface area contributed by atoms with Crippen LogP contribution in [0, 0.1) is 0 Å². The third-order valence-electron chi connectivity index (χ3n) is 4.47. The zero-order valence-corrected chi connectivity index (χ0v) is 17.4. The van der Waals surface area contributed by atoms with Crippen LogP contribution in [0.25, 0.3) is 17.1 Å². The number of nitrogens with one attached hydrogen (secondary N) is 2. The maximum Gasteiger partial charge on any atom is 0.309 e. The van der Waals surface area contributed by atoms with Crippen molar-refractivity contribution in [2.24, 2.45) is 0 Å². The van der Waals surface area contributed by atoms with Gasteiger partial charge in [0, 0.05) is 19.7 Å². The lowest BCUT2D eigenvalue weighted by Gasteiger charge is -2.10. The number of hydrazine groups is 1. The highest BCUT2D eigenvalue weighted by atomic mass is 16.2. The topological polar surface area (TPSA) is 118 Å². The summed E-state index contributed by atoms with van der Waals surface area (Å²) in [6.07, 6.45) is 0. The standard InChI is InChI=1S/C22H20N8O2/c1-29(2)18-14-13-17(24-25-18)21(31)26-27-22(32)19-23-20(15-9-5-3-6-10-15)30(28-19)16-11-7-4-8-12-16/h3-14H,1-2H3,(H,26,31)(H,27,32). The molecule has 2 aromatic heterocycles. The monoisotopic (exact) mass is 428 g/mol. The molecule has 2 N–H and O–H groups in total. The van der Waals surface area contributed by atoms with Crippen molar-refractivity contribution in [1.29, 1.82) is 0 Å². The van der Waals surface area contributed by atoms with E-state index in [1.807, 2.05) is 74.8 Å². The van der Waals surface area contributed by atoms with E-state index >= 15 is 0 Å². The molecule has 10 nitrogen and oxygen atoms in total. The van der Waals surface area contributed by atoms with Crippen molar-refractivity contribution >= 4 is 17.6 Å². The van der Waals surface area contributed by atoms with Gasteiger partial charge in [-0.2, -0.15) is 0 Å². The molecule has 10 heteroatoms. The summed E-state index contributed by atoms with van der Waals surface area (Å²) >= 11 is 0. The predicted octanol–water partition coefficient (Wildman–Crippen LogP) is 1.87. The summed E-state index contributed by atoms with van der Waals surface area (Å²) in [5, 5.41) is 12.1. The van der Waals surface area contributed by atoms with E-state index in [0.717, 1.165) is 11.3 Å². The van der Waals surface area contributed by atoms with Crippen LogP contribution >= 0.6 is 0 Å². The molecule has 0 radical (unpaired) electrons. The van der Waals surface area contributed by atoms with Gasteiger partial charge in [0.25, 0.3) is 5.91 Å². The van der Waals surface area contributed by atoms with E-state index in [0.29, 0.717) is 11.6 Å². The fraction of sp³-hybridized carbons (Fsp3) is 0.0909. The lowest BCUT2D eigenvalue weighted by molar-refractivity contribution is 0.0838. The Kier molecular flexibility index (Phi) is 5.84. The minimum Gasteiger partial charge on any atom is -0.361 e. The average Bonchev–Trinajstić information content (AvgIpc) is 3.29. The number of nitrogens with zero attached hydrogens (tertiary/aromatic N) is 6. The molecule has 0 aliphatic carbocycles. The number of para-hydroxylation sites is 1. The van der Waals surface area contributed by atoms with Gasteiger partial charge in [-0.1, -0.05) is 48.5 Å². The Bertz CT molecular complexity index is 1170. The Hall–Kier alpha value is -4.60. The molecule has 0 spiro atoms. The van der Waals surface area contributed by atoms with Crippen molar-refractivity contribution in [2.75, 3.05) is 19.0 Å².